The third kappa shape index (κ3) is 1.36. The average molecular weight is 140 g/mol. The van der Waals surface area contributed by atoms with Gasteiger partial charge in [0.2, 0.25) is 5.91 Å². The first kappa shape index (κ1) is 7.28. The molecule has 1 aliphatic heterocycles. The standard InChI is InChI=1S/C7H12N2O/c1-5(2)7(10)9(3)6-4-8-6/h6,8H,1,4H2,2-3H3. The SMILES string of the molecule is C=C(C)C(=O)N(C)C1CN1. The first-order valence-electron chi connectivity index (χ1n) is 3.29. The lowest BCUT2D eigenvalue weighted by Gasteiger charge is -2.14. The van der Waals surface area contributed by atoms with E-state index in [4.69, 9.17) is 0 Å². The van der Waals surface area contributed by atoms with E-state index in [-0.39, 0.29) is 12.1 Å². The maximum absolute atomic E-state index is 11.1. The number of nitrogens with zero attached hydrogens (tertiary/aromatic N) is 1. The van der Waals surface area contributed by atoms with Gasteiger partial charge in [0.15, 0.2) is 0 Å². The van der Waals surface area contributed by atoms with E-state index >= 15 is 0 Å². The Morgan fingerprint density at radius 1 is 1.80 bits per heavy atom. The number of rotatable bonds is 2. The van der Waals surface area contributed by atoms with Crippen LogP contribution in [0.5, 0.6) is 0 Å². The number of hydrogen-bond donors (Lipinski definition) is 1. The van der Waals surface area contributed by atoms with E-state index in [2.05, 4.69) is 11.9 Å². The highest BCUT2D eigenvalue weighted by Crippen LogP contribution is 2.06. The molecule has 1 unspecified atom stereocenters. The van der Waals surface area contributed by atoms with Crippen LogP contribution in [0.3, 0.4) is 0 Å². The van der Waals surface area contributed by atoms with E-state index in [1.54, 1.807) is 18.9 Å². The van der Waals surface area contributed by atoms with Gasteiger partial charge in [0, 0.05) is 19.2 Å². The molecule has 0 aromatic heterocycles. The van der Waals surface area contributed by atoms with Crippen LogP contribution in [0.2, 0.25) is 0 Å². The van der Waals surface area contributed by atoms with Crippen molar-refractivity contribution in [1.82, 2.24) is 10.2 Å². The zero-order valence-corrected chi connectivity index (χ0v) is 6.35. The Bertz CT molecular complexity index is 172. The second-order valence-corrected chi connectivity index (χ2v) is 2.62. The van der Waals surface area contributed by atoms with E-state index in [9.17, 15) is 4.79 Å². The molecule has 0 radical (unpaired) electrons. The maximum atomic E-state index is 11.1. The summed E-state index contributed by atoms with van der Waals surface area (Å²) in [6, 6.07) is 0. The summed E-state index contributed by atoms with van der Waals surface area (Å²) < 4.78 is 0. The van der Waals surface area contributed by atoms with Gasteiger partial charge in [-0.3, -0.25) is 10.1 Å². The summed E-state index contributed by atoms with van der Waals surface area (Å²) in [5.41, 5.74) is 0.594. The fraction of sp³-hybridized carbons (Fsp3) is 0.571. The van der Waals surface area contributed by atoms with Crippen LogP contribution < -0.4 is 5.32 Å². The quantitative estimate of drug-likeness (QED) is 0.431. The van der Waals surface area contributed by atoms with Gasteiger partial charge in [0.05, 0.1) is 6.17 Å². The monoisotopic (exact) mass is 140 g/mol. The van der Waals surface area contributed by atoms with Gasteiger partial charge < -0.3 is 4.90 Å². The molecule has 1 N–H and O–H groups in total. The predicted molar refractivity (Wildman–Crippen MR) is 39.4 cm³/mol. The van der Waals surface area contributed by atoms with Crippen LogP contribution in [-0.4, -0.2) is 30.6 Å². The highest BCUT2D eigenvalue weighted by atomic mass is 16.2. The molecule has 0 saturated carbocycles. The predicted octanol–water partition coefficient (Wildman–Crippen LogP) is -0.0498. The molecule has 1 atom stereocenters. The molecule has 3 nitrogen and oxygen atoms in total. The van der Waals surface area contributed by atoms with Crippen molar-refractivity contribution in [3.63, 3.8) is 0 Å². The molecule has 0 bridgehead atoms. The molecule has 1 heterocycles. The molecule has 56 valence electrons. The Hall–Kier alpha value is -0.830. The second kappa shape index (κ2) is 2.42. The number of carbonyl (C=O) groups is 1. The largest absolute Gasteiger partial charge is 0.325 e. The molecule has 1 amide bonds. The van der Waals surface area contributed by atoms with Gasteiger partial charge in [-0.1, -0.05) is 6.58 Å². The minimum Gasteiger partial charge on any atom is -0.325 e. The van der Waals surface area contributed by atoms with Crippen molar-refractivity contribution in [1.29, 1.82) is 0 Å². The number of carbonyl (C=O) groups excluding carboxylic acids is 1. The Balaban J connectivity index is 2.46. The van der Waals surface area contributed by atoms with E-state index in [1.165, 1.54) is 0 Å². The van der Waals surface area contributed by atoms with E-state index in [0.29, 0.717) is 5.57 Å². The Morgan fingerprint density at radius 3 is 2.60 bits per heavy atom. The summed E-state index contributed by atoms with van der Waals surface area (Å²) >= 11 is 0. The summed E-state index contributed by atoms with van der Waals surface area (Å²) in [6.07, 6.45) is 0.254. The first-order chi connectivity index (χ1) is 4.63. The molecule has 1 aliphatic rings. The van der Waals surface area contributed by atoms with Crippen LogP contribution in [0.4, 0.5) is 0 Å². The Kier molecular flexibility index (Phi) is 1.76. The van der Waals surface area contributed by atoms with Crippen molar-refractivity contribution in [3.8, 4) is 0 Å². The van der Waals surface area contributed by atoms with Gasteiger partial charge in [-0.15, -0.1) is 0 Å². The second-order valence-electron chi connectivity index (χ2n) is 2.62. The molecule has 3 heteroatoms. The lowest BCUT2D eigenvalue weighted by Crippen LogP contribution is -2.31. The minimum absolute atomic E-state index is 0.0231. The van der Waals surface area contributed by atoms with Crippen molar-refractivity contribution in [2.24, 2.45) is 0 Å². The van der Waals surface area contributed by atoms with Crippen molar-refractivity contribution in [2.75, 3.05) is 13.6 Å². The molecule has 0 spiro atoms. The van der Waals surface area contributed by atoms with Gasteiger partial charge in [-0.05, 0) is 6.92 Å². The maximum Gasteiger partial charge on any atom is 0.249 e. The zero-order valence-electron chi connectivity index (χ0n) is 6.35. The smallest absolute Gasteiger partial charge is 0.249 e. The van der Waals surface area contributed by atoms with Gasteiger partial charge in [-0.25, -0.2) is 0 Å². The molecule has 1 rings (SSSR count). The average Bonchev–Trinajstić information content (AvgIpc) is 2.65. The lowest BCUT2D eigenvalue weighted by atomic mass is 10.3. The van der Waals surface area contributed by atoms with Crippen molar-refractivity contribution >= 4 is 5.91 Å². The van der Waals surface area contributed by atoms with Crippen molar-refractivity contribution in [3.05, 3.63) is 12.2 Å². The van der Waals surface area contributed by atoms with E-state index in [0.717, 1.165) is 6.54 Å². The van der Waals surface area contributed by atoms with Crippen molar-refractivity contribution in [2.45, 2.75) is 13.1 Å². The van der Waals surface area contributed by atoms with Crippen LogP contribution in [0, 0.1) is 0 Å². The highest BCUT2D eigenvalue weighted by molar-refractivity contribution is 5.92. The topological polar surface area (TPSA) is 42.2 Å². The summed E-state index contributed by atoms with van der Waals surface area (Å²) in [4.78, 5) is 12.8. The lowest BCUT2D eigenvalue weighted by molar-refractivity contribution is -0.126. The first-order valence-corrected chi connectivity index (χ1v) is 3.29. The van der Waals surface area contributed by atoms with Gasteiger partial charge in [-0.2, -0.15) is 0 Å². The van der Waals surface area contributed by atoms with Gasteiger partial charge in [0.1, 0.15) is 0 Å². The fourth-order valence-corrected chi connectivity index (χ4v) is 0.769. The number of nitrogens with one attached hydrogen (secondary N) is 1. The highest BCUT2D eigenvalue weighted by Gasteiger charge is 2.28. The molecular formula is C7H12N2O. The van der Waals surface area contributed by atoms with E-state index in [1.807, 2.05) is 0 Å². The van der Waals surface area contributed by atoms with Crippen LogP contribution in [0.1, 0.15) is 6.92 Å². The van der Waals surface area contributed by atoms with Gasteiger partial charge >= 0.3 is 0 Å². The molecule has 0 aromatic carbocycles. The molecule has 0 aromatic rings. The van der Waals surface area contributed by atoms with Crippen LogP contribution in [0.15, 0.2) is 12.2 Å². The Morgan fingerprint density at radius 2 is 2.30 bits per heavy atom. The third-order valence-corrected chi connectivity index (χ3v) is 1.54. The Labute approximate surface area is 60.7 Å². The van der Waals surface area contributed by atoms with E-state index < -0.39 is 0 Å². The summed E-state index contributed by atoms with van der Waals surface area (Å²) in [5, 5.41) is 3.03. The van der Waals surface area contributed by atoms with Crippen LogP contribution in [-0.2, 0) is 4.79 Å². The van der Waals surface area contributed by atoms with Gasteiger partial charge in [0.25, 0.3) is 0 Å². The summed E-state index contributed by atoms with van der Waals surface area (Å²) in [5.74, 6) is 0.0231. The minimum atomic E-state index is 0.0231. The number of likely N-dealkylation sites (N-methyl/N-ethyl adjacent to an activating group) is 1. The van der Waals surface area contributed by atoms with Crippen LogP contribution in [0.25, 0.3) is 0 Å². The number of amides is 1. The molecule has 0 aliphatic carbocycles. The number of hydrogen-bond acceptors (Lipinski definition) is 2. The molecule has 1 fully saturated rings. The zero-order chi connectivity index (χ0) is 7.72. The molecule has 10 heavy (non-hydrogen) atoms. The third-order valence-electron chi connectivity index (χ3n) is 1.54. The van der Waals surface area contributed by atoms with Crippen molar-refractivity contribution < 1.29 is 4.79 Å². The summed E-state index contributed by atoms with van der Waals surface area (Å²) in [7, 11) is 1.78. The summed E-state index contributed by atoms with van der Waals surface area (Å²) in [6.45, 7) is 6.20. The molecule has 1 saturated heterocycles. The molecular weight excluding hydrogens is 128 g/mol. The van der Waals surface area contributed by atoms with Crippen LogP contribution >= 0.6 is 0 Å². The fourth-order valence-electron chi connectivity index (χ4n) is 0.769. The normalized spacial score (nSPS) is 22.0.